The number of hydrogen-bond donors (Lipinski definition) is 2. The Balaban J connectivity index is 1.28. The summed E-state index contributed by atoms with van der Waals surface area (Å²) >= 11 is 0. The minimum absolute atomic E-state index is 0.0360. The number of likely N-dealkylation sites (tertiary alicyclic amines) is 1. The first-order chi connectivity index (χ1) is 16.9. The van der Waals surface area contributed by atoms with Crippen molar-refractivity contribution in [3.05, 3.63) is 53.5 Å². The Kier molecular flexibility index (Phi) is 4.53. The van der Waals surface area contributed by atoms with Gasteiger partial charge in [0.1, 0.15) is 6.10 Å². The van der Waals surface area contributed by atoms with Crippen LogP contribution in [0.1, 0.15) is 48.8 Å². The van der Waals surface area contributed by atoms with E-state index in [1.807, 2.05) is 19.2 Å². The molecule has 2 N–H and O–H groups in total. The van der Waals surface area contributed by atoms with E-state index in [9.17, 15) is 15.0 Å². The molecule has 0 radical (unpaired) electrons. The molecule has 7 rings (SSSR count). The summed E-state index contributed by atoms with van der Waals surface area (Å²) in [6.45, 7) is 1.96. The third-order valence-electron chi connectivity index (χ3n) is 9.54. The number of phenols is 1. The van der Waals surface area contributed by atoms with Gasteiger partial charge in [-0.05, 0) is 74.8 Å². The Hall–Kier alpha value is -2.77. The molecule has 2 aliphatic heterocycles. The molecule has 5 atom stereocenters. The first kappa shape index (κ1) is 21.5. The molecular weight excluding hydrogens is 444 g/mol. The van der Waals surface area contributed by atoms with Crippen LogP contribution in [0.2, 0.25) is 0 Å². The normalized spacial score (nSPS) is 35.1. The number of likely N-dealkylation sites (N-methyl/N-ethyl adjacent to an activating group) is 1. The largest absolute Gasteiger partial charge is 0.504 e. The average molecular weight is 477 g/mol. The topological polar surface area (TPSA) is 86.4 Å². The lowest BCUT2D eigenvalue weighted by Crippen LogP contribution is -2.78. The van der Waals surface area contributed by atoms with Crippen LogP contribution in [0.3, 0.4) is 0 Å². The summed E-state index contributed by atoms with van der Waals surface area (Å²) < 4.78 is 11.7. The number of carbonyl (C=O) groups excluding carboxylic acids is 1. The Morgan fingerprint density at radius 2 is 2.11 bits per heavy atom. The standard InChI is InChI=1S/C28H32N2O5/c1-29(23(32)7-4-18-9-13-34-16-18)20-8-10-28(33)22-14-19-5-6-21(31)25-24(19)27(28,26(20)35-25)11-12-30(22)15-17-2-3-17/h4-7,9,13,16-17,20,22,26,31,33H,2-3,8,10-12,14-15H2,1H3/b7-4-/t20?,22-,26?,27+,28-/m1/s1. The molecule has 184 valence electrons. The fraction of sp³-hybridized carbons (Fsp3) is 0.536. The molecule has 1 amide bonds. The van der Waals surface area contributed by atoms with Gasteiger partial charge in [-0.25, -0.2) is 0 Å². The zero-order valence-electron chi connectivity index (χ0n) is 20.0. The van der Waals surface area contributed by atoms with E-state index in [0.717, 1.165) is 43.0 Å². The van der Waals surface area contributed by atoms with Gasteiger partial charge in [0.05, 0.1) is 29.6 Å². The highest BCUT2D eigenvalue weighted by atomic mass is 16.5. The molecule has 35 heavy (non-hydrogen) atoms. The van der Waals surface area contributed by atoms with Crippen molar-refractivity contribution >= 4 is 12.0 Å². The number of piperidine rings is 1. The number of amides is 1. The van der Waals surface area contributed by atoms with Gasteiger partial charge in [0.2, 0.25) is 5.91 Å². The van der Waals surface area contributed by atoms with Crippen LogP contribution in [-0.2, 0) is 16.6 Å². The molecule has 1 aromatic heterocycles. The molecule has 3 heterocycles. The maximum absolute atomic E-state index is 13.2. The zero-order chi connectivity index (χ0) is 23.9. The van der Waals surface area contributed by atoms with Crippen molar-refractivity contribution in [2.45, 2.75) is 67.7 Å². The van der Waals surface area contributed by atoms with Crippen molar-refractivity contribution in [1.29, 1.82) is 0 Å². The number of ether oxygens (including phenoxy) is 1. The molecule has 2 unspecified atom stereocenters. The zero-order valence-corrected chi connectivity index (χ0v) is 20.0. The van der Waals surface area contributed by atoms with Crippen molar-refractivity contribution < 1.29 is 24.2 Å². The van der Waals surface area contributed by atoms with Crippen molar-refractivity contribution in [3.63, 3.8) is 0 Å². The number of phenolic OH excluding ortho intramolecular Hbond substituents is 1. The second kappa shape index (κ2) is 7.37. The Morgan fingerprint density at radius 3 is 2.89 bits per heavy atom. The average Bonchev–Trinajstić information content (AvgIpc) is 3.36. The number of aromatic hydroxyl groups is 1. The van der Waals surface area contributed by atoms with Crippen LogP contribution in [0.25, 0.3) is 6.08 Å². The van der Waals surface area contributed by atoms with Gasteiger partial charge < -0.3 is 24.3 Å². The summed E-state index contributed by atoms with van der Waals surface area (Å²) in [6, 6.07) is 5.38. The second-order valence-electron chi connectivity index (χ2n) is 11.2. The summed E-state index contributed by atoms with van der Waals surface area (Å²) in [6.07, 6.45) is 11.5. The van der Waals surface area contributed by atoms with E-state index in [-0.39, 0.29) is 23.7 Å². The third-order valence-corrected chi connectivity index (χ3v) is 9.54. The van der Waals surface area contributed by atoms with Gasteiger partial charge in [-0.1, -0.05) is 6.07 Å². The van der Waals surface area contributed by atoms with Crippen LogP contribution in [0, 0.1) is 5.92 Å². The molecule has 2 aromatic rings. The second-order valence-corrected chi connectivity index (χ2v) is 11.2. The fourth-order valence-electron chi connectivity index (χ4n) is 7.67. The first-order valence-corrected chi connectivity index (χ1v) is 12.9. The van der Waals surface area contributed by atoms with Crippen molar-refractivity contribution in [2.75, 3.05) is 20.1 Å². The molecule has 1 spiro atoms. The van der Waals surface area contributed by atoms with Crippen molar-refractivity contribution in [1.82, 2.24) is 9.80 Å². The van der Waals surface area contributed by atoms with E-state index in [1.54, 1.807) is 35.6 Å². The number of furan rings is 1. The van der Waals surface area contributed by atoms with E-state index in [4.69, 9.17) is 9.15 Å². The summed E-state index contributed by atoms with van der Waals surface area (Å²) in [5, 5.41) is 23.3. The van der Waals surface area contributed by atoms with E-state index >= 15 is 0 Å². The molecule has 1 aromatic carbocycles. The Labute approximate surface area is 205 Å². The molecule has 3 aliphatic carbocycles. The van der Waals surface area contributed by atoms with Crippen molar-refractivity contribution in [2.24, 2.45) is 5.92 Å². The lowest BCUT2D eigenvalue weighted by Gasteiger charge is -2.64. The molecule has 7 heteroatoms. The molecule has 7 nitrogen and oxygen atoms in total. The van der Waals surface area contributed by atoms with E-state index in [0.29, 0.717) is 18.6 Å². The maximum Gasteiger partial charge on any atom is 0.246 e. The highest BCUT2D eigenvalue weighted by molar-refractivity contribution is 5.91. The quantitative estimate of drug-likeness (QED) is 0.645. The highest BCUT2D eigenvalue weighted by Crippen LogP contribution is 2.66. The van der Waals surface area contributed by atoms with Crippen LogP contribution < -0.4 is 4.74 Å². The molecule has 2 bridgehead atoms. The minimum Gasteiger partial charge on any atom is -0.504 e. The van der Waals surface area contributed by atoms with Crippen LogP contribution in [0.15, 0.2) is 41.2 Å². The monoisotopic (exact) mass is 476 g/mol. The summed E-state index contributed by atoms with van der Waals surface area (Å²) in [7, 11) is 1.82. The lowest BCUT2D eigenvalue weighted by molar-refractivity contribution is -0.200. The third kappa shape index (κ3) is 2.88. The van der Waals surface area contributed by atoms with Gasteiger partial charge in [0, 0.05) is 36.8 Å². The number of carbonyl (C=O) groups is 1. The number of nitrogens with zero attached hydrogens (tertiary/aromatic N) is 2. The van der Waals surface area contributed by atoms with Crippen LogP contribution >= 0.6 is 0 Å². The predicted molar refractivity (Wildman–Crippen MR) is 129 cm³/mol. The minimum atomic E-state index is -0.941. The summed E-state index contributed by atoms with van der Waals surface area (Å²) in [4.78, 5) is 17.5. The Bertz CT molecular complexity index is 1200. The van der Waals surface area contributed by atoms with Gasteiger partial charge in [0.15, 0.2) is 11.5 Å². The van der Waals surface area contributed by atoms with Gasteiger partial charge >= 0.3 is 0 Å². The van der Waals surface area contributed by atoms with Crippen molar-refractivity contribution in [3.8, 4) is 11.5 Å². The molecule has 3 fully saturated rings. The lowest BCUT2D eigenvalue weighted by atomic mass is 9.48. The van der Waals surface area contributed by atoms with Crippen LogP contribution in [-0.4, -0.2) is 69.8 Å². The number of benzene rings is 1. The van der Waals surface area contributed by atoms with Gasteiger partial charge in [-0.15, -0.1) is 0 Å². The summed E-state index contributed by atoms with van der Waals surface area (Å²) in [5.41, 5.74) is 1.44. The number of aliphatic hydroxyl groups is 1. The van der Waals surface area contributed by atoms with E-state index < -0.39 is 17.1 Å². The first-order valence-electron chi connectivity index (χ1n) is 12.9. The smallest absolute Gasteiger partial charge is 0.246 e. The van der Waals surface area contributed by atoms with Gasteiger partial charge in [-0.2, -0.15) is 0 Å². The molecule has 1 saturated heterocycles. The Morgan fingerprint density at radius 1 is 1.26 bits per heavy atom. The summed E-state index contributed by atoms with van der Waals surface area (Å²) in [5.74, 6) is 1.28. The van der Waals surface area contributed by atoms with E-state index in [1.165, 1.54) is 18.4 Å². The molecule has 2 saturated carbocycles. The fourth-order valence-corrected chi connectivity index (χ4v) is 7.67. The van der Waals surface area contributed by atoms with Crippen LogP contribution in [0.4, 0.5) is 0 Å². The van der Waals surface area contributed by atoms with Gasteiger partial charge in [-0.3, -0.25) is 9.69 Å². The predicted octanol–water partition coefficient (Wildman–Crippen LogP) is 3.09. The SMILES string of the molecule is CN(C(=O)/C=C\c1ccoc1)C1CC[C@@]2(O)[C@H]3Cc4ccc(O)c5c4[C@@]2(CCN3CC2CC2)C1O5. The molecule has 5 aliphatic rings. The maximum atomic E-state index is 13.2. The molecular formula is C28H32N2O5. The number of hydrogen-bond acceptors (Lipinski definition) is 6. The van der Waals surface area contributed by atoms with Gasteiger partial charge in [0.25, 0.3) is 0 Å². The van der Waals surface area contributed by atoms with E-state index in [2.05, 4.69) is 4.90 Å². The van der Waals surface area contributed by atoms with Crippen LogP contribution in [0.5, 0.6) is 11.5 Å². The number of rotatable bonds is 5. The highest BCUT2D eigenvalue weighted by Gasteiger charge is 2.73.